The van der Waals surface area contributed by atoms with Crippen LogP contribution in [0.4, 0.5) is 0 Å². The number of aryl methyl sites for hydroxylation is 1. The highest BCUT2D eigenvalue weighted by Gasteiger charge is 2.14. The molecular formula is C18H18N4O. The fraction of sp³-hybridized carbons (Fsp3) is 0.167. The van der Waals surface area contributed by atoms with Gasteiger partial charge < -0.3 is 5.32 Å². The van der Waals surface area contributed by atoms with Crippen molar-refractivity contribution in [2.24, 2.45) is 0 Å². The topological polar surface area (TPSA) is 59.8 Å². The number of amides is 1. The molecule has 0 spiro atoms. The standard InChI is InChI=1S/C18H18N4O/c1-3-9-19-18(23)15-10-17(13-11-20-22(4-2)12-13)21-16-8-6-5-7-14(15)16/h3,5-8,10-12H,1,4,9H2,2H3,(H,19,23). The van der Waals surface area contributed by atoms with Gasteiger partial charge in [-0.1, -0.05) is 24.3 Å². The third-order valence-corrected chi connectivity index (χ3v) is 3.62. The van der Waals surface area contributed by atoms with Crippen LogP contribution in [0.2, 0.25) is 0 Å². The molecule has 0 saturated carbocycles. The molecule has 0 atom stereocenters. The second kappa shape index (κ2) is 6.44. The zero-order valence-electron chi connectivity index (χ0n) is 13.0. The van der Waals surface area contributed by atoms with E-state index in [-0.39, 0.29) is 5.91 Å². The lowest BCUT2D eigenvalue weighted by molar-refractivity contribution is 0.0959. The zero-order chi connectivity index (χ0) is 16.2. The predicted molar refractivity (Wildman–Crippen MR) is 91.2 cm³/mol. The number of aromatic nitrogens is 3. The molecule has 1 aromatic carbocycles. The van der Waals surface area contributed by atoms with Crippen LogP contribution in [0.15, 0.2) is 55.4 Å². The number of pyridine rings is 1. The van der Waals surface area contributed by atoms with Gasteiger partial charge in [0.25, 0.3) is 5.91 Å². The lowest BCUT2D eigenvalue weighted by atomic mass is 10.0. The SMILES string of the molecule is C=CCNC(=O)c1cc(-c2cnn(CC)c2)nc2ccccc12. The van der Waals surface area contributed by atoms with Gasteiger partial charge in [0, 0.05) is 30.2 Å². The molecule has 0 aliphatic heterocycles. The van der Waals surface area contributed by atoms with Crippen molar-refractivity contribution in [1.29, 1.82) is 0 Å². The molecule has 2 aromatic heterocycles. The number of para-hydroxylation sites is 1. The number of rotatable bonds is 5. The highest BCUT2D eigenvalue weighted by Crippen LogP contribution is 2.24. The van der Waals surface area contributed by atoms with Crippen molar-refractivity contribution in [3.05, 3.63) is 60.9 Å². The number of nitrogens with one attached hydrogen (secondary N) is 1. The quantitative estimate of drug-likeness (QED) is 0.737. The Bertz CT molecular complexity index is 866. The van der Waals surface area contributed by atoms with Crippen LogP contribution in [-0.2, 0) is 6.54 Å². The summed E-state index contributed by atoms with van der Waals surface area (Å²) in [6.07, 6.45) is 5.36. The number of fused-ring (bicyclic) bond motifs is 1. The van der Waals surface area contributed by atoms with E-state index in [0.29, 0.717) is 12.1 Å². The van der Waals surface area contributed by atoms with Crippen LogP contribution in [0.25, 0.3) is 22.2 Å². The first-order valence-electron chi connectivity index (χ1n) is 7.54. The number of carbonyl (C=O) groups is 1. The third kappa shape index (κ3) is 2.99. The molecular weight excluding hydrogens is 288 g/mol. The van der Waals surface area contributed by atoms with Gasteiger partial charge in [-0.3, -0.25) is 9.48 Å². The highest BCUT2D eigenvalue weighted by atomic mass is 16.1. The van der Waals surface area contributed by atoms with E-state index in [0.717, 1.165) is 28.7 Å². The van der Waals surface area contributed by atoms with E-state index in [9.17, 15) is 4.79 Å². The van der Waals surface area contributed by atoms with Gasteiger partial charge in [0.05, 0.1) is 23.0 Å². The van der Waals surface area contributed by atoms with Crippen LogP contribution in [0.5, 0.6) is 0 Å². The average Bonchev–Trinajstić information content (AvgIpc) is 3.08. The minimum absolute atomic E-state index is 0.132. The smallest absolute Gasteiger partial charge is 0.252 e. The molecule has 116 valence electrons. The summed E-state index contributed by atoms with van der Waals surface area (Å²) >= 11 is 0. The molecule has 2 heterocycles. The molecule has 0 fully saturated rings. The van der Waals surface area contributed by atoms with Crippen LogP contribution < -0.4 is 5.32 Å². The molecule has 5 heteroatoms. The number of benzene rings is 1. The molecule has 3 rings (SSSR count). The van der Waals surface area contributed by atoms with Gasteiger partial charge >= 0.3 is 0 Å². The van der Waals surface area contributed by atoms with Gasteiger partial charge in [-0.05, 0) is 19.1 Å². The molecule has 3 aromatic rings. The Morgan fingerprint density at radius 3 is 2.96 bits per heavy atom. The van der Waals surface area contributed by atoms with E-state index in [4.69, 9.17) is 0 Å². The van der Waals surface area contributed by atoms with Crippen LogP contribution >= 0.6 is 0 Å². The minimum Gasteiger partial charge on any atom is -0.349 e. The van der Waals surface area contributed by atoms with Crippen LogP contribution in [0, 0.1) is 0 Å². The Morgan fingerprint density at radius 1 is 1.39 bits per heavy atom. The monoisotopic (exact) mass is 306 g/mol. The maximum absolute atomic E-state index is 12.5. The Kier molecular flexibility index (Phi) is 4.19. The van der Waals surface area contributed by atoms with Gasteiger partial charge in [-0.2, -0.15) is 5.10 Å². The molecule has 5 nitrogen and oxygen atoms in total. The Hall–Kier alpha value is -2.95. The maximum Gasteiger partial charge on any atom is 0.252 e. The summed E-state index contributed by atoms with van der Waals surface area (Å²) in [6.45, 7) is 6.88. The number of carbonyl (C=O) groups excluding carboxylic acids is 1. The van der Waals surface area contributed by atoms with Gasteiger partial charge in [-0.15, -0.1) is 6.58 Å². The Balaban J connectivity index is 2.13. The fourth-order valence-corrected chi connectivity index (χ4v) is 2.44. The van der Waals surface area contributed by atoms with Crippen molar-refractivity contribution >= 4 is 16.8 Å². The van der Waals surface area contributed by atoms with Crippen molar-refractivity contribution in [2.75, 3.05) is 6.54 Å². The highest BCUT2D eigenvalue weighted by molar-refractivity contribution is 6.07. The van der Waals surface area contributed by atoms with Gasteiger partial charge in [-0.25, -0.2) is 4.98 Å². The summed E-state index contributed by atoms with van der Waals surface area (Å²) in [5, 5.41) is 7.94. The van der Waals surface area contributed by atoms with E-state index in [1.54, 1.807) is 12.3 Å². The summed E-state index contributed by atoms with van der Waals surface area (Å²) in [5.41, 5.74) is 3.04. The lowest BCUT2D eigenvalue weighted by Gasteiger charge is -2.09. The minimum atomic E-state index is -0.132. The molecule has 0 radical (unpaired) electrons. The normalized spacial score (nSPS) is 10.7. The van der Waals surface area contributed by atoms with E-state index >= 15 is 0 Å². The van der Waals surface area contributed by atoms with Gasteiger partial charge in [0.15, 0.2) is 0 Å². The van der Waals surface area contributed by atoms with Gasteiger partial charge in [0.1, 0.15) is 0 Å². The van der Waals surface area contributed by atoms with Gasteiger partial charge in [0.2, 0.25) is 0 Å². The number of nitrogens with zero attached hydrogens (tertiary/aromatic N) is 3. The Labute approximate surface area is 134 Å². The van der Waals surface area contributed by atoms with E-state index < -0.39 is 0 Å². The van der Waals surface area contributed by atoms with Crippen molar-refractivity contribution < 1.29 is 4.79 Å². The summed E-state index contributed by atoms with van der Waals surface area (Å²) in [5.74, 6) is -0.132. The molecule has 0 bridgehead atoms. The molecule has 0 aliphatic rings. The van der Waals surface area contributed by atoms with E-state index in [1.165, 1.54) is 0 Å². The maximum atomic E-state index is 12.5. The van der Waals surface area contributed by atoms with Crippen LogP contribution in [0.1, 0.15) is 17.3 Å². The van der Waals surface area contributed by atoms with Crippen LogP contribution in [-0.4, -0.2) is 27.2 Å². The number of hydrogen-bond acceptors (Lipinski definition) is 3. The third-order valence-electron chi connectivity index (χ3n) is 3.62. The lowest BCUT2D eigenvalue weighted by Crippen LogP contribution is -2.23. The van der Waals surface area contributed by atoms with Crippen LogP contribution in [0.3, 0.4) is 0 Å². The average molecular weight is 306 g/mol. The van der Waals surface area contributed by atoms with Crippen molar-refractivity contribution in [1.82, 2.24) is 20.1 Å². The van der Waals surface area contributed by atoms with Crippen molar-refractivity contribution in [3.8, 4) is 11.3 Å². The largest absolute Gasteiger partial charge is 0.349 e. The second-order valence-corrected chi connectivity index (χ2v) is 5.16. The van der Waals surface area contributed by atoms with E-state index in [1.807, 2.05) is 48.1 Å². The second-order valence-electron chi connectivity index (χ2n) is 5.16. The summed E-state index contributed by atoms with van der Waals surface area (Å²) in [7, 11) is 0. The molecule has 1 N–H and O–H groups in total. The summed E-state index contributed by atoms with van der Waals surface area (Å²) in [6, 6.07) is 9.46. The molecule has 0 aliphatic carbocycles. The first-order chi connectivity index (χ1) is 11.2. The molecule has 23 heavy (non-hydrogen) atoms. The summed E-state index contributed by atoms with van der Waals surface area (Å²) < 4.78 is 1.84. The molecule has 0 unspecified atom stereocenters. The zero-order valence-corrected chi connectivity index (χ0v) is 13.0. The van der Waals surface area contributed by atoms with Crippen molar-refractivity contribution in [3.63, 3.8) is 0 Å². The Morgan fingerprint density at radius 2 is 2.22 bits per heavy atom. The van der Waals surface area contributed by atoms with Crippen molar-refractivity contribution in [2.45, 2.75) is 13.5 Å². The fourth-order valence-electron chi connectivity index (χ4n) is 2.44. The van der Waals surface area contributed by atoms with E-state index in [2.05, 4.69) is 22.0 Å². The molecule has 0 saturated heterocycles. The first-order valence-corrected chi connectivity index (χ1v) is 7.54. The number of hydrogen-bond donors (Lipinski definition) is 1. The predicted octanol–water partition coefficient (Wildman–Crippen LogP) is 3.03. The summed E-state index contributed by atoms with van der Waals surface area (Å²) in [4.78, 5) is 17.1. The molecule has 1 amide bonds. The first kappa shape index (κ1) is 15.0.